The van der Waals surface area contributed by atoms with Crippen molar-refractivity contribution in [3.63, 3.8) is 0 Å². The molecule has 0 aliphatic carbocycles. The number of rotatable bonds is 3. The third kappa shape index (κ3) is 3.45. The SMILES string of the molecule is COc1ccccc1N1CCN(C(=O)c2cnc(C)cc2C)C(C)C1. The summed E-state index contributed by atoms with van der Waals surface area (Å²) in [5, 5.41) is 0. The molecule has 5 nitrogen and oxygen atoms in total. The lowest BCUT2D eigenvalue weighted by molar-refractivity contribution is 0.0673. The van der Waals surface area contributed by atoms with E-state index in [4.69, 9.17) is 4.74 Å². The van der Waals surface area contributed by atoms with Crippen LogP contribution in [-0.4, -0.2) is 48.6 Å². The second kappa shape index (κ2) is 7.13. The van der Waals surface area contributed by atoms with E-state index < -0.39 is 0 Å². The summed E-state index contributed by atoms with van der Waals surface area (Å²) < 4.78 is 5.47. The lowest BCUT2D eigenvalue weighted by atomic mass is 10.1. The number of amides is 1. The van der Waals surface area contributed by atoms with E-state index in [9.17, 15) is 4.79 Å². The highest BCUT2D eigenvalue weighted by molar-refractivity contribution is 5.95. The van der Waals surface area contributed by atoms with Gasteiger partial charge in [-0.3, -0.25) is 9.78 Å². The van der Waals surface area contributed by atoms with E-state index >= 15 is 0 Å². The van der Waals surface area contributed by atoms with Crippen LogP contribution in [0.1, 0.15) is 28.5 Å². The molecule has 1 amide bonds. The van der Waals surface area contributed by atoms with Gasteiger partial charge in [-0.25, -0.2) is 0 Å². The van der Waals surface area contributed by atoms with Gasteiger partial charge in [0.2, 0.25) is 0 Å². The average molecular weight is 339 g/mol. The summed E-state index contributed by atoms with van der Waals surface area (Å²) >= 11 is 0. The van der Waals surface area contributed by atoms with Crippen molar-refractivity contribution in [3.8, 4) is 5.75 Å². The molecule has 1 aromatic heterocycles. The number of benzene rings is 1. The highest BCUT2D eigenvalue weighted by atomic mass is 16.5. The Morgan fingerprint density at radius 3 is 2.68 bits per heavy atom. The van der Waals surface area contributed by atoms with Gasteiger partial charge in [0.1, 0.15) is 5.75 Å². The number of anilines is 1. The molecule has 0 N–H and O–H groups in total. The first-order valence-corrected chi connectivity index (χ1v) is 8.63. The Kier molecular flexibility index (Phi) is 4.93. The number of hydrogen-bond donors (Lipinski definition) is 0. The van der Waals surface area contributed by atoms with E-state index in [1.54, 1.807) is 13.3 Å². The van der Waals surface area contributed by atoms with Gasteiger partial charge >= 0.3 is 0 Å². The Morgan fingerprint density at radius 1 is 1.24 bits per heavy atom. The standard InChI is InChI=1S/C20H25N3O2/c1-14-11-15(2)21-12-17(14)20(24)23-10-9-22(13-16(23)3)18-7-5-6-8-19(18)25-4/h5-8,11-12,16H,9-10,13H2,1-4H3. The summed E-state index contributed by atoms with van der Waals surface area (Å²) in [6.07, 6.45) is 1.70. The molecule has 5 heteroatoms. The van der Waals surface area contributed by atoms with Crippen LogP contribution < -0.4 is 9.64 Å². The van der Waals surface area contributed by atoms with E-state index in [-0.39, 0.29) is 11.9 Å². The number of hydrogen-bond acceptors (Lipinski definition) is 4. The first-order valence-electron chi connectivity index (χ1n) is 8.63. The number of methoxy groups -OCH3 is 1. The zero-order valence-corrected chi connectivity index (χ0v) is 15.3. The number of aryl methyl sites for hydroxylation is 2. The van der Waals surface area contributed by atoms with Crippen LogP contribution >= 0.6 is 0 Å². The summed E-state index contributed by atoms with van der Waals surface area (Å²) in [4.78, 5) is 21.5. The smallest absolute Gasteiger partial charge is 0.256 e. The predicted octanol–water partition coefficient (Wildman–Crippen LogP) is 3.06. The number of piperazine rings is 1. The maximum atomic E-state index is 13.0. The van der Waals surface area contributed by atoms with Crippen molar-refractivity contribution in [2.24, 2.45) is 0 Å². The van der Waals surface area contributed by atoms with E-state index in [0.29, 0.717) is 12.1 Å². The number of para-hydroxylation sites is 2. The summed E-state index contributed by atoms with van der Waals surface area (Å²) in [5.41, 5.74) is 3.69. The zero-order chi connectivity index (χ0) is 18.0. The molecular weight excluding hydrogens is 314 g/mol. The monoisotopic (exact) mass is 339 g/mol. The molecule has 1 atom stereocenters. The summed E-state index contributed by atoms with van der Waals surface area (Å²) in [6.45, 7) is 8.26. The molecule has 0 spiro atoms. The summed E-state index contributed by atoms with van der Waals surface area (Å²) in [7, 11) is 1.69. The maximum Gasteiger partial charge on any atom is 0.256 e. The van der Waals surface area contributed by atoms with Crippen LogP contribution in [0.3, 0.4) is 0 Å². The van der Waals surface area contributed by atoms with Crippen molar-refractivity contribution in [2.45, 2.75) is 26.8 Å². The fourth-order valence-corrected chi connectivity index (χ4v) is 3.44. The molecule has 25 heavy (non-hydrogen) atoms. The van der Waals surface area contributed by atoms with E-state index in [1.165, 1.54) is 0 Å². The van der Waals surface area contributed by atoms with Crippen LogP contribution in [0.15, 0.2) is 36.5 Å². The number of pyridine rings is 1. The van der Waals surface area contributed by atoms with Crippen LogP contribution in [0, 0.1) is 13.8 Å². The number of aromatic nitrogens is 1. The highest BCUT2D eigenvalue weighted by Crippen LogP contribution is 2.29. The third-order valence-electron chi connectivity index (χ3n) is 4.79. The Balaban J connectivity index is 1.76. The minimum atomic E-state index is 0.0668. The van der Waals surface area contributed by atoms with Gasteiger partial charge in [0.25, 0.3) is 5.91 Å². The molecule has 1 saturated heterocycles. The minimum Gasteiger partial charge on any atom is -0.495 e. The van der Waals surface area contributed by atoms with Crippen LogP contribution in [0.5, 0.6) is 5.75 Å². The molecule has 0 radical (unpaired) electrons. The summed E-state index contributed by atoms with van der Waals surface area (Å²) in [5.74, 6) is 0.935. The van der Waals surface area contributed by atoms with E-state index in [2.05, 4.69) is 22.9 Å². The van der Waals surface area contributed by atoms with Gasteiger partial charge in [0.05, 0.1) is 18.4 Å². The van der Waals surface area contributed by atoms with Gasteiger partial charge in [0.15, 0.2) is 0 Å². The highest BCUT2D eigenvalue weighted by Gasteiger charge is 2.30. The fraction of sp³-hybridized carbons (Fsp3) is 0.400. The Labute approximate surface area is 149 Å². The molecule has 0 bridgehead atoms. The molecule has 2 aromatic rings. The van der Waals surface area contributed by atoms with Crippen LogP contribution in [-0.2, 0) is 0 Å². The van der Waals surface area contributed by atoms with Crippen molar-refractivity contribution in [1.29, 1.82) is 0 Å². The van der Waals surface area contributed by atoms with Crippen molar-refractivity contribution in [1.82, 2.24) is 9.88 Å². The molecule has 132 valence electrons. The largest absolute Gasteiger partial charge is 0.495 e. The minimum absolute atomic E-state index is 0.0668. The van der Waals surface area contributed by atoms with E-state index in [1.807, 2.05) is 43.0 Å². The van der Waals surface area contributed by atoms with Crippen LogP contribution in [0.4, 0.5) is 5.69 Å². The Hall–Kier alpha value is -2.56. The van der Waals surface area contributed by atoms with Gasteiger partial charge in [-0.15, -0.1) is 0 Å². The lowest BCUT2D eigenvalue weighted by Crippen LogP contribution is -2.54. The van der Waals surface area contributed by atoms with Crippen molar-refractivity contribution < 1.29 is 9.53 Å². The molecule has 1 fully saturated rings. The number of nitrogens with zero attached hydrogens (tertiary/aromatic N) is 3. The van der Waals surface area contributed by atoms with Crippen molar-refractivity contribution in [2.75, 3.05) is 31.6 Å². The Morgan fingerprint density at radius 2 is 2.00 bits per heavy atom. The number of ether oxygens (including phenoxy) is 1. The van der Waals surface area contributed by atoms with E-state index in [0.717, 1.165) is 35.8 Å². The van der Waals surface area contributed by atoms with Gasteiger partial charge in [-0.2, -0.15) is 0 Å². The second-order valence-electron chi connectivity index (χ2n) is 6.61. The molecule has 0 saturated carbocycles. The number of carbonyl (C=O) groups is 1. The van der Waals surface area contributed by atoms with Gasteiger partial charge < -0.3 is 14.5 Å². The van der Waals surface area contributed by atoms with Gasteiger partial charge in [0, 0.05) is 37.6 Å². The lowest BCUT2D eigenvalue weighted by Gasteiger charge is -2.41. The van der Waals surface area contributed by atoms with Crippen molar-refractivity contribution in [3.05, 3.63) is 53.3 Å². The number of carbonyl (C=O) groups excluding carboxylic acids is 1. The average Bonchev–Trinajstić information content (AvgIpc) is 2.61. The summed E-state index contributed by atoms with van der Waals surface area (Å²) in [6, 6.07) is 10.1. The fourth-order valence-electron chi connectivity index (χ4n) is 3.44. The first-order chi connectivity index (χ1) is 12.0. The Bertz CT molecular complexity index is 775. The zero-order valence-electron chi connectivity index (χ0n) is 15.3. The van der Waals surface area contributed by atoms with Crippen molar-refractivity contribution >= 4 is 11.6 Å². The molecule has 1 aliphatic heterocycles. The van der Waals surface area contributed by atoms with Crippen LogP contribution in [0.25, 0.3) is 0 Å². The third-order valence-corrected chi connectivity index (χ3v) is 4.79. The molecule has 1 unspecified atom stereocenters. The quantitative estimate of drug-likeness (QED) is 0.862. The molecule has 3 rings (SSSR count). The molecule has 1 aromatic carbocycles. The van der Waals surface area contributed by atoms with Crippen LogP contribution in [0.2, 0.25) is 0 Å². The molecule has 1 aliphatic rings. The normalized spacial score (nSPS) is 17.5. The predicted molar refractivity (Wildman–Crippen MR) is 99.4 cm³/mol. The molecular formula is C20H25N3O2. The maximum absolute atomic E-state index is 13.0. The topological polar surface area (TPSA) is 45.7 Å². The first kappa shape index (κ1) is 17.3. The molecule has 2 heterocycles. The van der Waals surface area contributed by atoms with Gasteiger partial charge in [-0.05, 0) is 44.5 Å². The van der Waals surface area contributed by atoms with Gasteiger partial charge in [-0.1, -0.05) is 12.1 Å². The second-order valence-corrected chi connectivity index (χ2v) is 6.61.